The zero-order chi connectivity index (χ0) is 14.2. The number of hydrogen-bond donors (Lipinski definition) is 1. The Morgan fingerprint density at radius 1 is 0.905 bits per heavy atom. The minimum atomic E-state index is 0.604. The number of pyridine rings is 1. The molecule has 0 aliphatic carbocycles. The molecule has 0 saturated carbocycles. The van der Waals surface area contributed by atoms with Crippen molar-refractivity contribution in [1.29, 1.82) is 0 Å². The molecule has 0 radical (unpaired) electrons. The Kier molecular flexibility index (Phi) is 2.82. The van der Waals surface area contributed by atoms with Crippen LogP contribution in [0.15, 0.2) is 71.8 Å². The molecule has 0 fully saturated rings. The van der Waals surface area contributed by atoms with E-state index in [0.717, 1.165) is 27.7 Å². The number of aromatic nitrogens is 1. The van der Waals surface area contributed by atoms with Crippen LogP contribution in [-0.2, 0) is 0 Å². The monoisotopic (exact) mass is 292 g/mol. The van der Waals surface area contributed by atoms with Crippen molar-refractivity contribution in [1.82, 2.24) is 4.98 Å². The molecule has 3 nitrogen and oxygen atoms in total. The van der Waals surface area contributed by atoms with Gasteiger partial charge in [-0.25, -0.2) is 4.98 Å². The molecule has 1 aliphatic rings. The van der Waals surface area contributed by atoms with E-state index in [1.54, 1.807) is 6.20 Å². The second-order valence-electron chi connectivity index (χ2n) is 4.72. The maximum absolute atomic E-state index is 5.91. The number of benzene rings is 2. The van der Waals surface area contributed by atoms with Gasteiger partial charge >= 0.3 is 0 Å². The van der Waals surface area contributed by atoms with Gasteiger partial charge in [0.1, 0.15) is 11.4 Å². The van der Waals surface area contributed by atoms with Crippen LogP contribution in [0.1, 0.15) is 0 Å². The first-order valence-electron chi connectivity index (χ1n) is 6.64. The van der Waals surface area contributed by atoms with Crippen molar-refractivity contribution in [3.63, 3.8) is 0 Å². The minimum absolute atomic E-state index is 0.604. The normalized spacial score (nSPS) is 12.3. The highest BCUT2D eigenvalue weighted by Gasteiger charge is 2.27. The SMILES string of the molecule is Sc1cccc2c1N(c1ccccc1)c1cccnc1O2. The zero-order valence-corrected chi connectivity index (χ0v) is 12.0. The average Bonchev–Trinajstić information content (AvgIpc) is 2.54. The summed E-state index contributed by atoms with van der Waals surface area (Å²) in [4.78, 5) is 7.33. The number of hydrogen-bond acceptors (Lipinski definition) is 4. The molecule has 1 aliphatic heterocycles. The Morgan fingerprint density at radius 2 is 1.76 bits per heavy atom. The summed E-state index contributed by atoms with van der Waals surface area (Å²) >= 11 is 4.59. The molecule has 0 atom stereocenters. The largest absolute Gasteiger partial charge is 0.435 e. The van der Waals surface area contributed by atoms with Gasteiger partial charge in [-0.1, -0.05) is 24.3 Å². The summed E-state index contributed by atoms with van der Waals surface area (Å²) in [6, 6.07) is 19.9. The van der Waals surface area contributed by atoms with E-state index in [0.29, 0.717) is 5.88 Å². The van der Waals surface area contributed by atoms with Gasteiger partial charge in [0, 0.05) is 16.8 Å². The molecular formula is C17H12N2OS. The third-order valence-electron chi connectivity index (χ3n) is 3.41. The number of para-hydroxylation sites is 2. The Bertz CT molecular complexity index is 805. The quantitative estimate of drug-likeness (QED) is 0.503. The number of ether oxygens (including phenoxy) is 1. The topological polar surface area (TPSA) is 25.4 Å². The number of anilines is 3. The van der Waals surface area contributed by atoms with E-state index in [1.807, 2.05) is 48.5 Å². The van der Waals surface area contributed by atoms with Crippen molar-refractivity contribution in [2.45, 2.75) is 4.90 Å². The van der Waals surface area contributed by atoms with Gasteiger partial charge in [0.25, 0.3) is 0 Å². The van der Waals surface area contributed by atoms with Gasteiger partial charge in [0.2, 0.25) is 5.88 Å². The van der Waals surface area contributed by atoms with Gasteiger partial charge < -0.3 is 9.64 Å². The van der Waals surface area contributed by atoms with Crippen LogP contribution in [-0.4, -0.2) is 4.98 Å². The molecule has 102 valence electrons. The molecule has 4 heteroatoms. The summed E-state index contributed by atoms with van der Waals surface area (Å²) in [7, 11) is 0. The predicted octanol–water partition coefficient (Wildman–Crippen LogP) is 4.95. The van der Waals surface area contributed by atoms with Crippen molar-refractivity contribution < 1.29 is 4.74 Å². The van der Waals surface area contributed by atoms with E-state index in [9.17, 15) is 0 Å². The molecule has 4 rings (SSSR count). The van der Waals surface area contributed by atoms with Crippen LogP contribution >= 0.6 is 12.6 Å². The van der Waals surface area contributed by atoms with Crippen molar-refractivity contribution in [3.8, 4) is 11.6 Å². The van der Waals surface area contributed by atoms with E-state index < -0.39 is 0 Å². The average molecular weight is 292 g/mol. The number of nitrogens with zero attached hydrogens (tertiary/aromatic N) is 2. The molecule has 2 heterocycles. The lowest BCUT2D eigenvalue weighted by atomic mass is 10.1. The molecule has 0 unspecified atom stereocenters. The molecule has 0 saturated heterocycles. The lowest BCUT2D eigenvalue weighted by molar-refractivity contribution is 0.456. The second-order valence-corrected chi connectivity index (χ2v) is 5.21. The van der Waals surface area contributed by atoms with Gasteiger partial charge in [-0.2, -0.15) is 0 Å². The Hall–Kier alpha value is -2.46. The number of fused-ring (bicyclic) bond motifs is 2. The summed E-state index contributed by atoms with van der Waals surface area (Å²) in [5.74, 6) is 1.37. The van der Waals surface area contributed by atoms with Crippen LogP contribution in [0.2, 0.25) is 0 Å². The van der Waals surface area contributed by atoms with Crippen molar-refractivity contribution in [3.05, 3.63) is 66.9 Å². The lowest BCUT2D eigenvalue weighted by Crippen LogP contribution is -2.16. The fourth-order valence-electron chi connectivity index (χ4n) is 2.52. The van der Waals surface area contributed by atoms with Crippen LogP contribution in [0.5, 0.6) is 11.6 Å². The highest BCUT2D eigenvalue weighted by Crippen LogP contribution is 2.51. The molecular weight excluding hydrogens is 280 g/mol. The predicted molar refractivity (Wildman–Crippen MR) is 86.2 cm³/mol. The lowest BCUT2D eigenvalue weighted by Gasteiger charge is -2.32. The summed E-state index contributed by atoms with van der Waals surface area (Å²) in [5, 5.41) is 0. The smallest absolute Gasteiger partial charge is 0.243 e. The third-order valence-corrected chi connectivity index (χ3v) is 3.78. The summed E-state index contributed by atoms with van der Waals surface area (Å²) in [6.45, 7) is 0. The molecule has 1 aromatic heterocycles. The molecule has 3 aromatic rings. The third kappa shape index (κ3) is 1.96. The van der Waals surface area contributed by atoms with Gasteiger partial charge in [0.05, 0.1) is 0 Å². The fourth-order valence-corrected chi connectivity index (χ4v) is 2.82. The number of rotatable bonds is 1. The van der Waals surface area contributed by atoms with E-state index >= 15 is 0 Å². The molecule has 2 aromatic carbocycles. The van der Waals surface area contributed by atoms with Crippen LogP contribution in [0, 0.1) is 0 Å². The van der Waals surface area contributed by atoms with Crippen molar-refractivity contribution in [2.24, 2.45) is 0 Å². The molecule has 0 amide bonds. The summed E-state index contributed by atoms with van der Waals surface area (Å²) in [6.07, 6.45) is 1.73. The van der Waals surface area contributed by atoms with Crippen LogP contribution in [0.3, 0.4) is 0 Å². The Labute approximate surface area is 128 Å². The molecule has 0 N–H and O–H groups in total. The standard InChI is InChI=1S/C17H12N2OS/c21-15-10-4-9-14-16(15)19(12-6-2-1-3-7-12)13-8-5-11-18-17(13)20-14/h1-11,21H. The molecule has 21 heavy (non-hydrogen) atoms. The van der Waals surface area contributed by atoms with Crippen LogP contribution in [0.4, 0.5) is 17.1 Å². The van der Waals surface area contributed by atoms with Gasteiger partial charge in [-0.05, 0) is 36.4 Å². The fraction of sp³-hybridized carbons (Fsp3) is 0. The first-order chi connectivity index (χ1) is 10.3. The Morgan fingerprint density at radius 3 is 2.62 bits per heavy atom. The van der Waals surface area contributed by atoms with E-state index in [-0.39, 0.29) is 0 Å². The second kappa shape index (κ2) is 4.82. The van der Waals surface area contributed by atoms with Gasteiger partial charge in [-0.3, -0.25) is 0 Å². The van der Waals surface area contributed by atoms with Gasteiger partial charge in [-0.15, -0.1) is 12.6 Å². The van der Waals surface area contributed by atoms with Crippen molar-refractivity contribution in [2.75, 3.05) is 4.90 Å². The van der Waals surface area contributed by atoms with E-state index in [1.165, 1.54) is 0 Å². The molecule has 0 bridgehead atoms. The highest BCUT2D eigenvalue weighted by atomic mass is 32.1. The van der Waals surface area contributed by atoms with Gasteiger partial charge in [0.15, 0.2) is 5.75 Å². The first-order valence-corrected chi connectivity index (χ1v) is 7.09. The Balaban J connectivity index is 2.01. The summed E-state index contributed by atoms with van der Waals surface area (Å²) in [5.41, 5.74) is 2.91. The van der Waals surface area contributed by atoms with Crippen LogP contribution < -0.4 is 9.64 Å². The minimum Gasteiger partial charge on any atom is -0.435 e. The van der Waals surface area contributed by atoms with E-state index in [2.05, 4.69) is 34.6 Å². The van der Waals surface area contributed by atoms with Crippen LogP contribution in [0.25, 0.3) is 0 Å². The number of thiol groups is 1. The maximum atomic E-state index is 5.91. The maximum Gasteiger partial charge on any atom is 0.243 e. The molecule has 0 spiro atoms. The van der Waals surface area contributed by atoms with E-state index in [4.69, 9.17) is 4.74 Å². The first kappa shape index (κ1) is 12.3. The van der Waals surface area contributed by atoms with Crippen molar-refractivity contribution >= 4 is 29.7 Å². The summed E-state index contributed by atoms with van der Waals surface area (Å²) < 4.78 is 5.91. The zero-order valence-electron chi connectivity index (χ0n) is 11.1. The highest BCUT2D eigenvalue weighted by molar-refractivity contribution is 7.80.